The molecule has 0 radical (unpaired) electrons. The third kappa shape index (κ3) is 3.49. The first-order valence-corrected chi connectivity index (χ1v) is 8.71. The quantitative estimate of drug-likeness (QED) is 0.596. The number of rotatable bonds is 5. The number of anilines is 1. The van der Waals surface area contributed by atoms with Crippen LogP contribution in [0.2, 0.25) is 0 Å². The Morgan fingerprint density at radius 1 is 1.07 bits per heavy atom. The zero-order valence-electron chi connectivity index (χ0n) is 15.6. The number of benzene rings is 2. The van der Waals surface area contributed by atoms with Gasteiger partial charge in [-0.05, 0) is 38.1 Å². The van der Waals surface area contributed by atoms with E-state index >= 15 is 0 Å². The monoisotopic (exact) mass is 363 g/mol. The highest BCUT2D eigenvalue weighted by atomic mass is 16.5. The lowest BCUT2D eigenvalue weighted by Gasteiger charge is -2.17. The van der Waals surface area contributed by atoms with Crippen molar-refractivity contribution in [3.8, 4) is 5.75 Å². The van der Waals surface area contributed by atoms with Crippen LogP contribution in [0, 0.1) is 0 Å². The van der Waals surface area contributed by atoms with Crippen LogP contribution < -0.4 is 9.64 Å². The molecule has 0 atom stereocenters. The molecule has 1 aliphatic heterocycles. The van der Waals surface area contributed by atoms with Crippen molar-refractivity contribution in [1.29, 1.82) is 0 Å². The Morgan fingerprint density at radius 2 is 1.74 bits per heavy atom. The van der Waals surface area contributed by atoms with E-state index in [1.165, 1.54) is 4.90 Å². The molecule has 138 valence electrons. The van der Waals surface area contributed by atoms with Gasteiger partial charge in [-0.25, -0.2) is 4.79 Å². The Labute approximate surface area is 158 Å². The van der Waals surface area contributed by atoms with E-state index in [1.807, 2.05) is 48.5 Å². The van der Waals surface area contributed by atoms with Crippen molar-refractivity contribution in [3.05, 3.63) is 77.0 Å². The van der Waals surface area contributed by atoms with Gasteiger partial charge >= 0.3 is 5.97 Å². The Bertz CT molecular complexity index is 928. The highest BCUT2D eigenvalue weighted by Crippen LogP contribution is 2.36. The molecule has 0 N–H and O–H groups in total. The molecular formula is C22H21NO4. The molecule has 3 rings (SSSR count). The van der Waals surface area contributed by atoms with Crippen molar-refractivity contribution < 1.29 is 19.1 Å². The van der Waals surface area contributed by atoms with Gasteiger partial charge < -0.3 is 9.47 Å². The number of nitrogens with zero attached hydrogens (tertiary/aromatic N) is 1. The molecule has 2 aromatic rings. The lowest BCUT2D eigenvalue weighted by Crippen LogP contribution is -2.24. The number of hydrogen-bond acceptors (Lipinski definition) is 4. The van der Waals surface area contributed by atoms with Crippen LogP contribution in [0.3, 0.4) is 0 Å². The second kappa shape index (κ2) is 7.91. The van der Waals surface area contributed by atoms with E-state index in [4.69, 9.17) is 9.47 Å². The molecule has 0 aromatic heterocycles. The van der Waals surface area contributed by atoms with E-state index in [2.05, 4.69) is 0 Å². The highest BCUT2D eigenvalue weighted by molar-refractivity contribution is 6.23. The third-order valence-electron chi connectivity index (χ3n) is 4.33. The first kappa shape index (κ1) is 18.5. The summed E-state index contributed by atoms with van der Waals surface area (Å²) in [6.07, 6.45) is 1.68. The van der Waals surface area contributed by atoms with Crippen LogP contribution in [-0.2, 0) is 14.3 Å². The van der Waals surface area contributed by atoms with E-state index in [1.54, 1.807) is 33.1 Å². The number of esters is 1. The largest absolute Gasteiger partial charge is 0.496 e. The predicted molar refractivity (Wildman–Crippen MR) is 104 cm³/mol. The number of carbonyl (C=O) groups excluding carboxylic acids is 2. The van der Waals surface area contributed by atoms with Crippen molar-refractivity contribution in [2.75, 3.05) is 18.6 Å². The molecule has 0 saturated heterocycles. The van der Waals surface area contributed by atoms with Crippen molar-refractivity contribution in [2.45, 2.75) is 13.8 Å². The summed E-state index contributed by atoms with van der Waals surface area (Å²) >= 11 is 0. The predicted octanol–water partition coefficient (Wildman–Crippen LogP) is 3.96. The van der Waals surface area contributed by atoms with E-state index in [9.17, 15) is 9.59 Å². The highest BCUT2D eigenvalue weighted by Gasteiger charge is 2.38. The van der Waals surface area contributed by atoms with Gasteiger partial charge in [-0.1, -0.05) is 36.4 Å². The summed E-state index contributed by atoms with van der Waals surface area (Å²) in [4.78, 5) is 27.3. The zero-order chi connectivity index (χ0) is 19.4. The van der Waals surface area contributed by atoms with Crippen molar-refractivity contribution >= 4 is 23.6 Å². The number of ether oxygens (including phenoxy) is 2. The minimum atomic E-state index is -0.511. The molecule has 0 aliphatic carbocycles. The fourth-order valence-corrected chi connectivity index (χ4v) is 3.11. The molecule has 1 amide bonds. The van der Waals surface area contributed by atoms with Crippen molar-refractivity contribution in [2.24, 2.45) is 0 Å². The summed E-state index contributed by atoms with van der Waals surface area (Å²) in [5.41, 5.74) is 2.53. The molecule has 27 heavy (non-hydrogen) atoms. The van der Waals surface area contributed by atoms with Crippen LogP contribution in [0.1, 0.15) is 19.4 Å². The Morgan fingerprint density at radius 3 is 2.41 bits per heavy atom. The van der Waals surface area contributed by atoms with Gasteiger partial charge in [0.05, 0.1) is 24.9 Å². The van der Waals surface area contributed by atoms with Gasteiger partial charge in [0.25, 0.3) is 5.91 Å². The Balaban J connectivity index is 2.15. The topological polar surface area (TPSA) is 55.8 Å². The van der Waals surface area contributed by atoms with Crippen LogP contribution in [0.25, 0.3) is 6.08 Å². The van der Waals surface area contributed by atoms with Crippen LogP contribution >= 0.6 is 0 Å². The number of carbonyl (C=O) groups is 2. The molecule has 5 nitrogen and oxygen atoms in total. The summed E-state index contributed by atoms with van der Waals surface area (Å²) in [5, 5.41) is 0. The molecule has 5 heteroatoms. The van der Waals surface area contributed by atoms with E-state index in [0.717, 1.165) is 0 Å². The molecule has 1 heterocycles. The molecule has 0 bridgehead atoms. The van der Waals surface area contributed by atoms with Gasteiger partial charge in [0, 0.05) is 16.9 Å². The van der Waals surface area contributed by atoms with Crippen molar-refractivity contribution in [1.82, 2.24) is 0 Å². The summed E-state index contributed by atoms with van der Waals surface area (Å²) in [6, 6.07) is 16.6. The van der Waals surface area contributed by atoms with Gasteiger partial charge in [-0.2, -0.15) is 0 Å². The molecule has 0 fully saturated rings. The summed E-state index contributed by atoms with van der Waals surface area (Å²) in [7, 11) is 1.57. The molecule has 0 saturated carbocycles. The fraction of sp³-hybridized carbons (Fsp3) is 0.182. The lowest BCUT2D eigenvalue weighted by atomic mass is 10.0. The first-order chi connectivity index (χ1) is 13.1. The van der Waals surface area contributed by atoms with Crippen LogP contribution in [0.5, 0.6) is 5.75 Å². The van der Waals surface area contributed by atoms with Gasteiger partial charge in [0.15, 0.2) is 0 Å². The van der Waals surface area contributed by atoms with E-state index < -0.39 is 5.97 Å². The van der Waals surface area contributed by atoms with Crippen LogP contribution in [-0.4, -0.2) is 25.6 Å². The summed E-state index contributed by atoms with van der Waals surface area (Å²) in [6.45, 7) is 3.72. The van der Waals surface area contributed by atoms with Crippen LogP contribution in [0.4, 0.5) is 5.69 Å². The number of para-hydroxylation sites is 2. The molecule has 2 aromatic carbocycles. The third-order valence-corrected chi connectivity index (χ3v) is 4.33. The standard InChI is InChI=1S/C22H21NO4/c1-4-27-22(25)20-15(2)23(17-11-6-5-7-12-17)21(24)18(20)14-16-10-8-9-13-19(16)26-3/h5-14H,4H2,1-3H3. The normalized spacial score (nSPS) is 15.4. The van der Waals surface area contributed by atoms with Crippen LogP contribution in [0.15, 0.2) is 71.4 Å². The van der Waals surface area contributed by atoms with Gasteiger partial charge in [0.2, 0.25) is 0 Å². The minimum absolute atomic E-state index is 0.233. The van der Waals surface area contributed by atoms with Gasteiger partial charge in [-0.3, -0.25) is 9.69 Å². The first-order valence-electron chi connectivity index (χ1n) is 8.71. The number of amides is 1. The molecule has 0 unspecified atom stereocenters. The second-order valence-corrected chi connectivity index (χ2v) is 5.96. The molecule has 1 aliphatic rings. The fourth-order valence-electron chi connectivity index (χ4n) is 3.11. The Hall–Kier alpha value is -3.34. The maximum absolute atomic E-state index is 13.2. The summed E-state index contributed by atoms with van der Waals surface area (Å²) < 4.78 is 10.6. The number of allylic oxidation sites excluding steroid dienone is 1. The van der Waals surface area contributed by atoms with E-state index in [0.29, 0.717) is 28.3 Å². The van der Waals surface area contributed by atoms with Crippen molar-refractivity contribution in [3.63, 3.8) is 0 Å². The Kier molecular flexibility index (Phi) is 5.41. The zero-order valence-corrected chi connectivity index (χ0v) is 15.6. The smallest absolute Gasteiger partial charge is 0.340 e. The second-order valence-electron chi connectivity index (χ2n) is 5.96. The van der Waals surface area contributed by atoms with Gasteiger partial charge in [0.1, 0.15) is 5.75 Å². The SMILES string of the molecule is CCOC(=O)C1=C(C)N(c2ccccc2)C(=O)C1=Cc1ccccc1OC. The van der Waals surface area contributed by atoms with E-state index in [-0.39, 0.29) is 18.1 Å². The maximum atomic E-state index is 13.2. The molecular weight excluding hydrogens is 342 g/mol. The minimum Gasteiger partial charge on any atom is -0.496 e. The number of methoxy groups -OCH3 is 1. The summed E-state index contributed by atoms with van der Waals surface area (Å²) in [5.74, 6) is -0.160. The maximum Gasteiger partial charge on any atom is 0.340 e. The molecule has 0 spiro atoms. The number of hydrogen-bond donors (Lipinski definition) is 0. The average Bonchev–Trinajstić information content (AvgIpc) is 2.93. The average molecular weight is 363 g/mol. The van der Waals surface area contributed by atoms with Gasteiger partial charge in [-0.15, -0.1) is 0 Å². The lowest BCUT2D eigenvalue weighted by molar-refractivity contribution is -0.138.